The third kappa shape index (κ3) is 4.71. The van der Waals surface area contributed by atoms with Crippen molar-refractivity contribution in [3.8, 4) is 0 Å². The fourth-order valence-corrected chi connectivity index (χ4v) is 4.18. The molecule has 1 aliphatic heterocycles. The number of hydrogen-bond donors (Lipinski definition) is 3. The Labute approximate surface area is 190 Å². The number of urea groups is 1. The van der Waals surface area contributed by atoms with Gasteiger partial charge in [0.1, 0.15) is 30.8 Å². The Bertz CT molecular complexity index is 1040. The van der Waals surface area contributed by atoms with E-state index >= 15 is 0 Å². The fraction of sp³-hybridized carbons (Fsp3) is 0.455. The Morgan fingerprint density at radius 1 is 1.15 bits per heavy atom. The summed E-state index contributed by atoms with van der Waals surface area (Å²) in [5, 5.41) is 12.2. The van der Waals surface area contributed by atoms with Crippen LogP contribution in [-0.4, -0.2) is 55.5 Å². The predicted octanol–water partition coefficient (Wildman–Crippen LogP) is 1.92. The number of benzene rings is 1. The van der Waals surface area contributed by atoms with Crippen molar-refractivity contribution < 1.29 is 19.2 Å². The molecule has 11 heteroatoms. The van der Waals surface area contributed by atoms with E-state index in [0.29, 0.717) is 30.1 Å². The number of nitrogens with one attached hydrogen (secondary N) is 3. The van der Waals surface area contributed by atoms with Gasteiger partial charge in [-0.05, 0) is 62.8 Å². The first-order valence-electron chi connectivity index (χ1n) is 11.0. The van der Waals surface area contributed by atoms with Crippen molar-refractivity contribution in [3.63, 3.8) is 0 Å². The van der Waals surface area contributed by atoms with Gasteiger partial charge in [0.2, 0.25) is 11.8 Å². The van der Waals surface area contributed by atoms with Gasteiger partial charge in [0.25, 0.3) is 5.91 Å². The molecule has 1 atom stereocenters. The molecular formula is C22H27N7O4. The number of imide groups is 1. The maximum Gasteiger partial charge on any atom is 0.325 e. The highest BCUT2D eigenvalue weighted by molar-refractivity contribution is 6.10. The molecule has 2 aromatic rings. The van der Waals surface area contributed by atoms with Crippen LogP contribution in [0.15, 0.2) is 36.9 Å². The highest BCUT2D eigenvalue weighted by Gasteiger charge is 2.52. The van der Waals surface area contributed by atoms with Crippen molar-refractivity contribution in [1.82, 2.24) is 25.0 Å². The topological polar surface area (TPSA) is 138 Å². The Hall–Kier alpha value is -3.76. The molecule has 0 radical (unpaired) electrons. The van der Waals surface area contributed by atoms with Crippen LogP contribution in [0.2, 0.25) is 0 Å². The zero-order chi connectivity index (χ0) is 23.6. The van der Waals surface area contributed by atoms with Crippen molar-refractivity contribution in [2.45, 2.75) is 51.1 Å². The van der Waals surface area contributed by atoms with Gasteiger partial charge < -0.3 is 16.0 Å². The monoisotopic (exact) mass is 453 g/mol. The first kappa shape index (κ1) is 22.4. The number of hydrogen-bond acceptors (Lipinski definition) is 6. The van der Waals surface area contributed by atoms with E-state index in [1.165, 1.54) is 17.3 Å². The smallest absolute Gasteiger partial charge is 0.325 e. The lowest BCUT2D eigenvalue weighted by atomic mass is 9.77. The lowest BCUT2D eigenvalue weighted by Crippen LogP contribution is -2.49. The van der Waals surface area contributed by atoms with Crippen LogP contribution in [0, 0.1) is 5.92 Å². The molecule has 174 valence electrons. The van der Waals surface area contributed by atoms with E-state index in [9.17, 15) is 19.2 Å². The summed E-state index contributed by atoms with van der Waals surface area (Å²) < 4.78 is 1.44. The van der Waals surface area contributed by atoms with Crippen LogP contribution in [0.4, 0.5) is 16.2 Å². The van der Waals surface area contributed by atoms with Gasteiger partial charge >= 0.3 is 6.03 Å². The summed E-state index contributed by atoms with van der Waals surface area (Å²) in [5.74, 6) is -0.538. The largest absolute Gasteiger partial charge is 0.325 e. The number of rotatable bonds is 6. The molecule has 1 saturated heterocycles. The minimum absolute atomic E-state index is 0.262. The molecule has 1 aromatic heterocycles. The van der Waals surface area contributed by atoms with Crippen LogP contribution in [0.5, 0.6) is 0 Å². The molecule has 2 aliphatic rings. The second kappa shape index (κ2) is 9.00. The average Bonchev–Trinajstić information content (AvgIpc) is 3.40. The van der Waals surface area contributed by atoms with E-state index in [-0.39, 0.29) is 18.4 Å². The van der Waals surface area contributed by atoms with E-state index in [1.807, 2.05) is 0 Å². The number of aromatic nitrogens is 3. The molecule has 2 fully saturated rings. The lowest BCUT2D eigenvalue weighted by molar-refractivity contribution is -0.135. The predicted molar refractivity (Wildman–Crippen MR) is 119 cm³/mol. The number of anilines is 2. The minimum Gasteiger partial charge on any atom is -0.325 e. The van der Waals surface area contributed by atoms with Gasteiger partial charge in [-0.1, -0.05) is 6.92 Å². The number of carbonyl (C=O) groups excluding carboxylic acids is 4. The van der Waals surface area contributed by atoms with Crippen molar-refractivity contribution >= 4 is 35.1 Å². The molecule has 1 aliphatic carbocycles. The van der Waals surface area contributed by atoms with Crippen LogP contribution in [0.25, 0.3) is 0 Å². The normalized spacial score (nSPS) is 23.3. The number of nitrogens with zero attached hydrogens (tertiary/aromatic N) is 4. The van der Waals surface area contributed by atoms with Crippen molar-refractivity contribution in [2.75, 3.05) is 17.2 Å². The molecule has 33 heavy (non-hydrogen) atoms. The summed E-state index contributed by atoms with van der Waals surface area (Å²) in [7, 11) is 0. The maximum atomic E-state index is 12.9. The van der Waals surface area contributed by atoms with E-state index in [1.54, 1.807) is 31.2 Å². The highest BCUT2D eigenvalue weighted by Crippen LogP contribution is 2.36. The molecule has 5 amide bonds. The third-order valence-electron chi connectivity index (χ3n) is 6.32. The van der Waals surface area contributed by atoms with Crippen molar-refractivity contribution in [1.29, 1.82) is 0 Å². The zero-order valence-electron chi connectivity index (χ0n) is 18.6. The van der Waals surface area contributed by atoms with Crippen molar-refractivity contribution in [3.05, 3.63) is 36.9 Å². The van der Waals surface area contributed by atoms with Gasteiger partial charge in [-0.2, -0.15) is 5.10 Å². The lowest BCUT2D eigenvalue weighted by Gasteiger charge is -2.33. The first-order valence-corrected chi connectivity index (χ1v) is 11.0. The van der Waals surface area contributed by atoms with E-state index in [2.05, 4.69) is 33.0 Å². The molecule has 3 N–H and O–H groups in total. The van der Waals surface area contributed by atoms with Gasteiger partial charge in [0.05, 0.1) is 0 Å². The Morgan fingerprint density at radius 3 is 2.39 bits per heavy atom. The van der Waals surface area contributed by atoms with Crippen LogP contribution in [0.1, 0.15) is 45.6 Å². The Morgan fingerprint density at radius 2 is 1.79 bits per heavy atom. The second-order valence-corrected chi connectivity index (χ2v) is 8.75. The van der Waals surface area contributed by atoms with E-state index < -0.39 is 23.5 Å². The quantitative estimate of drug-likeness (QED) is 0.571. The maximum absolute atomic E-state index is 12.9. The molecule has 1 saturated carbocycles. The van der Waals surface area contributed by atoms with Crippen LogP contribution in [-0.2, 0) is 14.4 Å². The number of carbonyl (C=O) groups is 4. The summed E-state index contributed by atoms with van der Waals surface area (Å²) in [6, 6.07) is 5.49. The SMILES string of the molecule is CC1CCC2(CC1)NC(=O)N(CC(=O)Nc1ccc(NC(=O)C(C)n3cncn3)cc1)C2=O. The second-order valence-electron chi connectivity index (χ2n) is 8.75. The van der Waals surface area contributed by atoms with Gasteiger partial charge in [-0.25, -0.2) is 14.5 Å². The summed E-state index contributed by atoms with van der Waals surface area (Å²) >= 11 is 0. The van der Waals surface area contributed by atoms with Crippen LogP contribution in [0.3, 0.4) is 0 Å². The molecule has 4 rings (SSSR count). The molecule has 11 nitrogen and oxygen atoms in total. The Kier molecular flexibility index (Phi) is 6.12. The summed E-state index contributed by atoms with van der Waals surface area (Å²) in [5.41, 5.74) is 0.163. The minimum atomic E-state index is -0.868. The van der Waals surface area contributed by atoms with Crippen LogP contribution < -0.4 is 16.0 Å². The molecular weight excluding hydrogens is 426 g/mol. The highest BCUT2D eigenvalue weighted by atomic mass is 16.2. The molecule has 1 spiro atoms. The van der Waals surface area contributed by atoms with Gasteiger partial charge in [0, 0.05) is 11.4 Å². The average molecular weight is 454 g/mol. The standard InChI is InChI=1S/C22H27N7O4/c1-14-7-9-22(10-8-14)20(32)28(21(33)27-22)11-18(30)25-16-3-5-17(6-4-16)26-19(31)15(2)29-13-23-12-24-29/h3-6,12-15H,7-11H2,1-2H3,(H,25,30)(H,26,31)(H,27,33). The summed E-state index contributed by atoms with van der Waals surface area (Å²) in [4.78, 5) is 54.9. The van der Waals surface area contributed by atoms with E-state index in [0.717, 1.165) is 17.7 Å². The summed E-state index contributed by atoms with van der Waals surface area (Å²) in [6.45, 7) is 3.48. The molecule has 0 bridgehead atoms. The Balaban J connectivity index is 1.31. The summed E-state index contributed by atoms with van der Waals surface area (Å²) in [6.07, 6.45) is 5.75. The fourth-order valence-electron chi connectivity index (χ4n) is 4.18. The van der Waals surface area contributed by atoms with Gasteiger partial charge in [-0.15, -0.1) is 0 Å². The van der Waals surface area contributed by atoms with E-state index in [4.69, 9.17) is 0 Å². The molecule has 2 heterocycles. The van der Waals surface area contributed by atoms with Crippen molar-refractivity contribution in [2.24, 2.45) is 5.92 Å². The molecule has 1 unspecified atom stereocenters. The zero-order valence-corrected chi connectivity index (χ0v) is 18.6. The first-order chi connectivity index (χ1) is 15.8. The van der Waals surface area contributed by atoms with Crippen LogP contribution >= 0.6 is 0 Å². The van der Waals surface area contributed by atoms with Gasteiger partial charge in [-0.3, -0.25) is 19.3 Å². The third-order valence-corrected chi connectivity index (χ3v) is 6.32. The molecule has 1 aromatic carbocycles. The van der Waals surface area contributed by atoms with Gasteiger partial charge in [0.15, 0.2) is 0 Å². The number of amides is 5.